The molecule has 7 nitrogen and oxygen atoms in total. The third kappa shape index (κ3) is 3.44. The molecule has 8 heteroatoms. The molecular weight excluding hydrogens is 424 g/mol. The molecule has 2 aromatic carbocycles. The zero-order valence-electron chi connectivity index (χ0n) is 17.8. The van der Waals surface area contributed by atoms with E-state index in [-0.39, 0.29) is 36.1 Å². The van der Waals surface area contributed by atoms with E-state index >= 15 is 0 Å². The summed E-state index contributed by atoms with van der Waals surface area (Å²) in [5.41, 5.74) is 3.34. The lowest BCUT2D eigenvalue weighted by Crippen LogP contribution is -2.52. The zero-order valence-corrected chi connectivity index (χ0v) is 18.7. The first-order valence-corrected chi connectivity index (χ1v) is 11.5. The van der Waals surface area contributed by atoms with Crippen molar-refractivity contribution in [2.45, 2.75) is 36.4 Å². The van der Waals surface area contributed by atoms with Crippen molar-refractivity contribution in [1.82, 2.24) is 15.2 Å². The van der Waals surface area contributed by atoms with E-state index in [4.69, 9.17) is 0 Å². The Morgan fingerprint density at radius 1 is 1.16 bits per heavy atom. The number of benzene rings is 2. The van der Waals surface area contributed by atoms with E-state index in [1.54, 1.807) is 16.7 Å². The predicted molar refractivity (Wildman–Crippen MR) is 125 cm³/mol. The zero-order chi connectivity index (χ0) is 22.5. The van der Waals surface area contributed by atoms with Gasteiger partial charge in [-0.05, 0) is 49.7 Å². The van der Waals surface area contributed by atoms with Crippen molar-refractivity contribution in [2.24, 2.45) is 0 Å². The number of anilines is 1. The molecule has 2 aliphatic heterocycles. The Bertz CT molecular complexity index is 1230. The molecule has 0 radical (unpaired) electrons. The number of nitrogens with zero attached hydrogens (tertiary/aromatic N) is 1. The van der Waals surface area contributed by atoms with Crippen LogP contribution in [0.2, 0.25) is 0 Å². The maximum Gasteiger partial charge on any atom is 0.256 e. The highest BCUT2D eigenvalue weighted by atomic mass is 32.2. The van der Waals surface area contributed by atoms with Crippen molar-refractivity contribution in [3.05, 3.63) is 65.9 Å². The molecule has 5 rings (SSSR count). The Morgan fingerprint density at radius 2 is 1.97 bits per heavy atom. The van der Waals surface area contributed by atoms with Gasteiger partial charge in [0, 0.05) is 46.1 Å². The van der Waals surface area contributed by atoms with Gasteiger partial charge in [0.2, 0.25) is 11.8 Å². The fourth-order valence-electron chi connectivity index (χ4n) is 4.56. The molecule has 3 heterocycles. The summed E-state index contributed by atoms with van der Waals surface area (Å²) in [4.78, 5) is 43.3. The average molecular weight is 449 g/mol. The van der Waals surface area contributed by atoms with E-state index in [2.05, 4.69) is 15.6 Å². The maximum absolute atomic E-state index is 13.1. The van der Waals surface area contributed by atoms with E-state index in [1.807, 2.05) is 68.6 Å². The lowest BCUT2D eigenvalue weighted by Gasteiger charge is -2.29. The fraction of sp³-hybridized carbons (Fsp3) is 0.292. The van der Waals surface area contributed by atoms with E-state index < -0.39 is 10.8 Å². The number of fused-ring (bicyclic) bond motifs is 4. The summed E-state index contributed by atoms with van der Waals surface area (Å²) < 4.78 is -0.438. The van der Waals surface area contributed by atoms with Gasteiger partial charge in [0.05, 0.1) is 0 Å². The van der Waals surface area contributed by atoms with Crippen LogP contribution >= 0.6 is 11.8 Å². The summed E-state index contributed by atoms with van der Waals surface area (Å²) in [7, 11) is 0. The minimum Gasteiger partial charge on any atom is -0.361 e. The summed E-state index contributed by atoms with van der Waals surface area (Å²) in [5, 5.41) is 6.60. The van der Waals surface area contributed by atoms with E-state index in [1.165, 1.54) is 0 Å². The van der Waals surface area contributed by atoms with Gasteiger partial charge in [-0.1, -0.05) is 18.2 Å². The van der Waals surface area contributed by atoms with Crippen molar-refractivity contribution in [3.63, 3.8) is 0 Å². The van der Waals surface area contributed by atoms with Crippen LogP contribution < -0.4 is 10.6 Å². The van der Waals surface area contributed by atoms with Crippen LogP contribution in [0.25, 0.3) is 10.9 Å². The van der Waals surface area contributed by atoms with Crippen molar-refractivity contribution < 1.29 is 14.4 Å². The van der Waals surface area contributed by atoms with Crippen LogP contribution in [0.1, 0.15) is 41.6 Å². The summed E-state index contributed by atoms with van der Waals surface area (Å²) in [6, 6.07) is 14.5. The van der Waals surface area contributed by atoms with Gasteiger partial charge in [-0.25, -0.2) is 0 Å². The van der Waals surface area contributed by atoms with Gasteiger partial charge in [-0.15, -0.1) is 11.8 Å². The highest BCUT2D eigenvalue weighted by Gasteiger charge is 2.57. The van der Waals surface area contributed by atoms with E-state index in [0.717, 1.165) is 16.5 Å². The molecule has 0 spiro atoms. The molecule has 1 saturated heterocycles. The molecule has 3 amide bonds. The maximum atomic E-state index is 13.1. The van der Waals surface area contributed by atoms with Crippen LogP contribution in [0.4, 0.5) is 5.69 Å². The van der Waals surface area contributed by atoms with Crippen molar-refractivity contribution >= 4 is 46.1 Å². The quantitative estimate of drug-likeness (QED) is 0.555. The van der Waals surface area contributed by atoms with Gasteiger partial charge in [0.25, 0.3) is 5.91 Å². The molecule has 0 bridgehead atoms. The second-order valence-corrected chi connectivity index (χ2v) is 10.4. The Kier molecular flexibility index (Phi) is 4.97. The molecular formula is C24H24N4O3S. The molecule has 1 fully saturated rings. The number of carbonyl (C=O) groups excluding carboxylic acids is 3. The molecule has 2 aliphatic rings. The van der Waals surface area contributed by atoms with Gasteiger partial charge in [-0.3, -0.25) is 14.4 Å². The summed E-state index contributed by atoms with van der Waals surface area (Å²) in [5.74, 6) is -0.516. The monoisotopic (exact) mass is 448 g/mol. The average Bonchev–Trinajstić information content (AvgIpc) is 3.40. The van der Waals surface area contributed by atoms with Crippen LogP contribution in [0.15, 0.2) is 54.7 Å². The second kappa shape index (κ2) is 7.70. The SMILES string of the molecule is CC1(C)S[C@@H]2c3ccccc3C(=O)N2[C@H]1C(=O)NCCC(=O)Nc1ccc2[nH]ccc2c1. The number of hydrogen-bond acceptors (Lipinski definition) is 4. The first-order valence-electron chi connectivity index (χ1n) is 10.6. The van der Waals surface area contributed by atoms with Gasteiger partial charge >= 0.3 is 0 Å². The Labute approximate surface area is 189 Å². The normalized spacial score (nSPS) is 20.8. The number of H-pyrrole nitrogens is 1. The first kappa shape index (κ1) is 20.6. The summed E-state index contributed by atoms with van der Waals surface area (Å²) in [6.07, 6.45) is 2.00. The second-order valence-electron chi connectivity index (χ2n) is 8.64. The number of aromatic amines is 1. The largest absolute Gasteiger partial charge is 0.361 e. The third-order valence-electron chi connectivity index (χ3n) is 6.03. The topological polar surface area (TPSA) is 94.3 Å². The standard InChI is InChI=1S/C24H24N4O3S/c1-24(2)20(28-22(31)16-5-3-4-6-17(16)23(28)32-24)21(30)26-12-10-19(29)27-15-7-8-18-14(13-15)9-11-25-18/h3-9,11,13,20,23,25H,10,12H2,1-2H3,(H,26,30)(H,27,29)/t20-,23+/m0/s1. The van der Waals surface area contributed by atoms with Crippen LogP contribution in [-0.2, 0) is 9.59 Å². The molecule has 0 aliphatic carbocycles. The van der Waals surface area contributed by atoms with Gasteiger partial charge in [-0.2, -0.15) is 0 Å². The molecule has 2 atom stereocenters. The molecule has 0 unspecified atom stereocenters. The number of carbonyl (C=O) groups is 3. The highest BCUT2D eigenvalue weighted by Crippen LogP contribution is 2.56. The van der Waals surface area contributed by atoms with Crippen LogP contribution in [0.3, 0.4) is 0 Å². The fourth-order valence-corrected chi connectivity index (χ4v) is 6.14. The lowest BCUT2D eigenvalue weighted by molar-refractivity contribution is -0.126. The Hall–Kier alpha value is -3.26. The smallest absolute Gasteiger partial charge is 0.256 e. The number of rotatable bonds is 5. The van der Waals surface area contributed by atoms with Crippen LogP contribution in [0, 0.1) is 0 Å². The van der Waals surface area contributed by atoms with Crippen LogP contribution in [-0.4, -0.2) is 44.9 Å². The Morgan fingerprint density at radius 3 is 2.81 bits per heavy atom. The minimum atomic E-state index is -0.601. The highest BCUT2D eigenvalue weighted by molar-refractivity contribution is 8.01. The van der Waals surface area contributed by atoms with Crippen molar-refractivity contribution in [1.29, 1.82) is 0 Å². The number of thioether (sulfide) groups is 1. The van der Waals surface area contributed by atoms with E-state index in [0.29, 0.717) is 11.3 Å². The van der Waals surface area contributed by atoms with Gasteiger partial charge in [0.1, 0.15) is 11.4 Å². The molecule has 1 aromatic heterocycles. The van der Waals surface area contributed by atoms with Crippen molar-refractivity contribution in [2.75, 3.05) is 11.9 Å². The minimum absolute atomic E-state index is 0.110. The molecule has 3 N–H and O–H groups in total. The van der Waals surface area contributed by atoms with Crippen LogP contribution in [0.5, 0.6) is 0 Å². The molecule has 3 aromatic rings. The van der Waals surface area contributed by atoms with E-state index in [9.17, 15) is 14.4 Å². The molecule has 164 valence electrons. The number of hydrogen-bond donors (Lipinski definition) is 3. The molecule has 0 saturated carbocycles. The van der Waals surface area contributed by atoms with Gasteiger partial charge < -0.3 is 20.5 Å². The Balaban J connectivity index is 1.21. The summed E-state index contributed by atoms with van der Waals surface area (Å²) >= 11 is 1.63. The number of amides is 3. The number of aromatic nitrogens is 1. The first-order chi connectivity index (χ1) is 15.3. The number of nitrogens with one attached hydrogen (secondary N) is 3. The lowest BCUT2D eigenvalue weighted by atomic mass is 10.0. The van der Waals surface area contributed by atoms with Gasteiger partial charge in [0.15, 0.2) is 0 Å². The predicted octanol–water partition coefficient (Wildman–Crippen LogP) is 3.66. The van der Waals surface area contributed by atoms with Crippen molar-refractivity contribution in [3.8, 4) is 0 Å². The summed E-state index contributed by atoms with van der Waals surface area (Å²) in [6.45, 7) is 4.17. The third-order valence-corrected chi connectivity index (χ3v) is 7.57. The molecule has 32 heavy (non-hydrogen) atoms.